The molecule has 0 spiro atoms. The van der Waals surface area contributed by atoms with Crippen molar-refractivity contribution in [2.24, 2.45) is 0 Å². The predicted molar refractivity (Wildman–Crippen MR) is 81.9 cm³/mol. The number of hydrogen-bond donors (Lipinski definition) is 2. The highest BCUT2D eigenvalue weighted by Gasteiger charge is 2.19. The van der Waals surface area contributed by atoms with Crippen LogP contribution in [0.2, 0.25) is 0 Å². The van der Waals surface area contributed by atoms with Gasteiger partial charge in [-0.2, -0.15) is 0 Å². The zero-order valence-corrected chi connectivity index (χ0v) is 11.8. The number of benzene rings is 2. The van der Waals surface area contributed by atoms with Crippen LogP contribution in [0.25, 0.3) is 0 Å². The molecule has 0 fully saturated rings. The van der Waals surface area contributed by atoms with Crippen LogP contribution in [0.15, 0.2) is 48.5 Å². The normalized spacial score (nSPS) is 19.4. The topological polar surface area (TPSA) is 32.3 Å². The summed E-state index contributed by atoms with van der Waals surface area (Å²) in [4.78, 5) is 0. The summed E-state index contributed by atoms with van der Waals surface area (Å²) in [5.74, 6) is 0.326. The highest BCUT2D eigenvalue weighted by atomic mass is 16.3. The lowest BCUT2D eigenvalue weighted by Crippen LogP contribution is -2.36. The fraction of sp³-hybridized carbons (Fsp3) is 0.333. The second kappa shape index (κ2) is 5.68. The number of phenolic OH excluding ortho intramolecular Hbond substituents is 1. The van der Waals surface area contributed by atoms with Gasteiger partial charge in [-0.1, -0.05) is 36.4 Å². The smallest absolute Gasteiger partial charge is 0.115 e. The number of phenols is 1. The first-order chi connectivity index (χ1) is 9.72. The van der Waals surface area contributed by atoms with Gasteiger partial charge in [0.1, 0.15) is 5.75 Å². The molecule has 1 aliphatic rings. The van der Waals surface area contributed by atoms with Crippen LogP contribution in [-0.4, -0.2) is 11.1 Å². The summed E-state index contributed by atoms with van der Waals surface area (Å²) in [6.07, 6.45) is 3.47. The van der Waals surface area contributed by atoms with E-state index in [2.05, 4.69) is 36.5 Å². The van der Waals surface area contributed by atoms with E-state index in [1.54, 1.807) is 12.1 Å². The van der Waals surface area contributed by atoms with Crippen LogP contribution in [-0.2, 0) is 12.8 Å². The molecule has 0 heterocycles. The molecule has 2 aromatic carbocycles. The highest BCUT2D eigenvalue weighted by Crippen LogP contribution is 2.24. The van der Waals surface area contributed by atoms with Crippen LogP contribution in [0.3, 0.4) is 0 Å². The summed E-state index contributed by atoms with van der Waals surface area (Å²) in [5, 5.41) is 13.1. The van der Waals surface area contributed by atoms with Crippen molar-refractivity contribution in [3.63, 3.8) is 0 Å². The Morgan fingerprint density at radius 3 is 2.50 bits per heavy atom. The van der Waals surface area contributed by atoms with E-state index in [-0.39, 0.29) is 0 Å². The van der Waals surface area contributed by atoms with Crippen LogP contribution >= 0.6 is 0 Å². The van der Waals surface area contributed by atoms with E-state index in [1.807, 2.05) is 12.1 Å². The van der Waals surface area contributed by atoms with Gasteiger partial charge in [-0.25, -0.2) is 0 Å². The predicted octanol–water partition coefficient (Wildman–Crippen LogP) is 3.60. The Hall–Kier alpha value is -1.80. The lowest BCUT2D eigenvalue weighted by molar-refractivity contribution is 0.413. The van der Waals surface area contributed by atoms with Gasteiger partial charge in [0.15, 0.2) is 0 Å². The van der Waals surface area contributed by atoms with Gasteiger partial charge in [-0.3, -0.25) is 0 Å². The fourth-order valence-electron chi connectivity index (χ4n) is 3.05. The Bertz CT molecular complexity index is 576. The molecule has 0 saturated carbocycles. The average molecular weight is 267 g/mol. The largest absolute Gasteiger partial charge is 0.508 e. The maximum atomic E-state index is 9.35. The van der Waals surface area contributed by atoms with E-state index in [1.165, 1.54) is 23.1 Å². The van der Waals surface area contributed by atoms with Gasteiger partial charge in [0.05, 0.1) is 0 Å². The van der Waals surface area contributed by atoms with Gasteiger partial charge in [0.25, 0.3) is 0 Å². The summed E-state index contributed by atoms with van der Waals surface area (Å²) in [5.41, 5.74) is 4.21. The van der Waals surface area contributed by atoms with Gasteiger partial charge >= 0.3 is 0 Å². The zero-order valence-electron chi connectivity index (χ0n) is 11.8. The summed E-state index contributed by atoms with van der Waals surface area (Å²) in [6.45, 7) is 2.19. The summed E-state index contributed by atoms with van der Waals surface area (Å²) in [7, 11) is 0. The van der Waals surface area contributed by atoms with E-state index in [0.717, 1.165) is 12.8 Å². The molecule has 1 aliphatic carbocycles. The van der Waals surface area contributed by atoms with E-state index in [4.69, 9.17) is 0 Å². The third-order valence-electron chi connectivity index (χ3n) is 4.23. The maximum absolute atomic E-state index is 9.35. The zero-order chi connectivity index (χ0) is 13.9. The molecule has 0 saturated heterocycles. The van der Waals surface area contributed by atoms with Crippen molar-refractivity contribution >= 4 is 0 Å². The van der Waals surface area contributed by atoms with Gasteiger partial charge in [0.2, 0.25) is 0 Å². The van der Waals surface area contributed by atoms with Crippen LogP contribution in [0, 0.1) is 0 Å². The lowest BCUT2D eigenvalue weighted by atomic mass is 9.88. The maximum Gasteiger partial charge on any atom is 0.115 e. The molecule has 2 nitrogen and oxygen atoms in total. The van der Waals surface area contributed by atoms with Crippen molar-refractivity contribution in [3.05, 3.63) is 65.2 Å². The molecule has 0 aromatic heterocycles. The molecule has 2 atom stereocenters. The second-order valence-electron chi connectivity index (χ2n) is 5.69. The number of fused-ring (bicyclic) bond motifs is 1. The number of aryl methyl sites for hydroxylation is 1. The molecule has 104 valence electrons. The van der Waals surface area contributed by atoms with Crippen molar-refractivity contribution in [1.82, 2.24) is 5.32 Å². The molecular formula is C18H21NO. The number of hydrogen-bond acceptors (Lipinski definition) is 2. The summed E-state index contributed by atoms with van der Waals surface area (Å²) >= 11 is 0. The highest BCUT2D eigenvalue weighted by molar-refractivity contribution is 5.31. The molecule has 0 aliphatic heterocycles. The van der Waals surface area contributed by atoms with Gasteiger partial charge in [-0.15, -0.1) is 0 Å². The van der Waals surface area contributed by atoms with Gasteiger partial charge in [-0.05, 0) is 55.0 Å². The molecule has 0 bridgehead atoms. The van der Waals surface area contributed by atoms with E-state index in [9.17, 15) is 5.11 Å². The van der Waals surface area contributed by atoms with Crippen molar-refractivity contribution in [2.75, 3.05) is 0 Å². The molecule has 3 rings (SSSR count). The first kappa shape index (κ1) is 13.2. The van der Waals surface area contributed by atoms with Crippen molar-refractivity contribution in [1.29, 1.82) is 0 Å². The molecule has 2 N–H and O–H groups in total. The third-order valence-corrected chi connectivity index (χ3v) is 4.23. The fourth-order valence-corrected chi connectivity index (χ4v) is 3.05. The van der Waals surface area contributed by atoms with E-state index < -0.39 is 0 Å². The van der Waals surface area contributed by atoms with Crippen LogP contribution < -0.4 is 5.32 Å². The molecule has 2 unspecified atom stereocenters. The van der Waals surface area contributed by atoms with Crippen molar-refractivity contribution in [3.8, 4) is 5.75 Å². The van der Waals surface area contributed by atoms with Crippen LogP contribution in [0.1, 0.15) is 36.1 Å². The van der Waals surface area contributed by atoms with Crippen LogP contribution in [0.4, 0.5) is 0 Å². The first-order valence-corrected chi connectivity index (χ1v) is 7.34. The minimum atomic E-state index is 0.311. The molecule has 20 heavy (non-hydrogen) atoms. The van der Waals surface area contributed by atoms with Crippen molar-refractivity contribution < 1.29 is 5.11 Å². The second-order valence-corrected chi connectivity index (χ2v) is 5.69. The van der Waals surface area contributed by atoms with E-state index in [0.29, 0.717) is 17.8 Å². The monoisotopic (exact) mass is 267 g/mol. The molecule has 2 heteroatoms. The Morgan fingerprint density at radius 2 is 1.75 bits per heavy atom. The molecular weight excluding hydrogens is 246 g/mol. The number of rotatable bonds is 3. The summed E-state index contributed by atoms with van der Waals surface area (Å²) < 4.78 is 0. The average Bonchev–Trinajstić information content (AvgIpc) is 2.48. The lowest BCUT2D eigenvalue weighted by Gasteiger charge is -2.28. The molecule has 0 radical (unpaired) electrons. The van der Waals surface area contributed by atoms with Gasteiger partial charge < -0.3 is 10.4 Å². The standard InChI is InChI=1S/C18H21NO/c1-13(14-7-10-18(20)11-8-14)19-17-9-6-15-4-2-3-5-16(15)12-17/h2-5,7-8,10-11,13,17,19-20H,6,9,12H2,1H3. The Balaban J connectivity index is 1.66. The number of aromatic hydroxyl groups is 1. The Morgan fingerprint density at radius 1 is 1.05 bits per heavy atom. The Kier molecular flexibility index (Phi) is 3.75. The van der Waals surface area contributed by atoms with Crippen molar-refractivity contribution in [2.45, 2.75) is 38.3 Å². The number of nitrogens with one attached hydrogen (secondary N) is 1. The minimum Gasteiger partial charge on any atom is -0.508 e. The third kappa shape index (κ3) is 2.86. The summed E-state index contributed by atoms with van der Waals surface area (Å²) in [6, 6.07) is 17.1. The molecule has 2 aromatic rings. The van der Waals surface area contributed by atoms with Gasteiger partial charge in [0, 0.05) is 12.1 Å². The van der Waals surface area contributed by atoms with E-state index >= 15 is 0 Å². The Labute approximate surface area is 120 Å². The molecule has 0 amide bonds. The SMILES string of the molecule is CC(NC1CCc2ccccc2C1)c1ccc(O)cc1. The quantitative estimate of drug-likeness (QED) is 0.890. The first-order valence-electron chi connectivity index (χ1n) is 7.34. The van der Waals surface area contributed by atoms with Crippen LogP contribution in [0.5, 0.6) is 5.75 Å². The minimum absolute atomic E-state index is 0.311.